The van der Waals surface area contributed by atoms with Crippen molar-refractivity contribution in [3.05, 3.63) is 24.0 Å². The third-order valence-electron chi connectivity index (χ3n) is 2.49. The molecular weight excluding hydrogens is 164 g/mol. The van der Waals surface area contributed by atoms with Gasteiger partial charge in [0.1, 0.15) is 0 Å². The van der Waals surface area contributed by atoms with E-state index in [1.54, 1.807) is 12.4 Å². The van der Waals surface area contributed by atoms with Crippen molar-refractivity contribution in [2.24, 2.45) is 0 Å². The number of rotatable bonds is 2. The fraction of sp³-hybridized carbons (Fsp3) is 0.500. The molecule has 0 atom stereocenters. The number of anilines is 1. The lowest BCUT2D eigenvalue weighted by atomic mass is 10.2. The molecule has 1 aromatic rings. The second kappa shape index (κ2) is 3.75. The largest absolute Gasteiger partial charge is 0.392 e. The summed E-state index contributed by atoms with van der Waals surface area (Å²) in [6.07, 6.45) is 6.04. The van der Waals surface area contributed by atoms with E-state index >= 15 is 0 Å². The van der Waals surface area contributed by atoms with E-state index in [-0.39, 0.29) is 6.61 Å². The molecule has 0 aromatic carbocycles. The highest BCUT2D eigenvalue weighted by atomic mass is 16.3. The summed E-state index contributed by atoms with van der Waals surface area (Å²) >= 11 is 0. The lowest BCUT2D eigenvalue weighted by Gasteiger charge is -2.19. The van der Waals surface area contributed by atoms with Crippen LogP contribution in [0.2, 0.25) is 0 Å². The fourth-order valence-electron chi connectivity index (χ4n) is 1.81. The molecule has 1 aliphatic heterocycles. The third-order valence-corrected chi connectivity index (χ3v) is 2.49. The molecule has 0 spiro atoms. The summed E-state index contributed by atoms with van der Waals surface area (Å²) < 4.78 is 0. The van der Waals surface area contributed by atoms with E-state index in [4.69, 9.17) is 5.11 Å². The first-order valence-electron chi connectivity index (χ1n) is 4.70. The van der Waals surface area contributed by atoms with Gasteiger partial charge in [0.25, 0.3) is 0 Å². The molecule has 70 valence electrons. The number of nitrogens with zero attached hydrogens (tertiary/aromatic N) is 2. The van der Waals surface area contributed by atoms with Crippen LogP contribution in [0, 0.1) is 0 Å². The average molecular weight is 178 g/mol. The van der Waals surface area contributed by atoms with Crippen LogP contribution in [0.1, 0.15) is 18.4 Å². The van der Waals surface area contributed by atoms with Gasteiger partial charge >= 0.3 is 0 Å². The summed E-state index contributed by atoms with van der Waals surface area (Å²) in [7, 11) is 0. The van der Waals surface area contributed by atoms with E-state index in [1.807, 2.05) is 6.07 Å². The minimum atomic E-state index is 0.0830. The molecule has 1 saturated heterocycles. The first kappa shape index (κ1) is 8.51. The Bertz CT molecular complexity index is 282. The van der Waals surface area contributed by atoms with Crippen LogP contribution in [-0.4, -0.2) is 23.2 Å². The SMILES string of the molecule is OCc1cnccc1N1CCCC1. The molecule has 0 saturated carbocycles. The number of aromatic nitrogens is 1. The molecule has 2 heterocycles. The third kappa shape index (κ3) is 1.65. The maximum absolute atomic E-state index is 9.11. The van der Waals surface area contributed by atoms with E-state index in [1.165, 1.54) is 12.8 Å². The van der Waals surface area contributed by atoms with Crippen molar-refractivity contribution >= 4 is 5.69 Å². The zero-order chi connectivity index (χ0) is 9.10. The fourth-order valence-corrected chi connectivity index (χ4v) is 1.81. The Morgan fingerprint density at radius 2 is 2.15 bits per heavy atom. The van der Waals surface area contributed by atoms with Gasteiger partial charge in [-0.3, -0.25) is 4.98 Å². The molecule has 0 radical (unpaired) electrons. The first-order valence-corrected chi connectivity index (χ1v) is 4.70. The average Bonchev–Trinajstić information content (AvgIpc) is 2.70. The van der Waals surface area contributed by atoms with Gasteiger partial charge in [0.2, 0.25) is 0 Å². The zero-order valence-corrected chi connectivity index (χ0v) is 7.61. The predicted octanol–water partition coefficient (Wildman–Crippen LogP) is 1.17. The molecule has 0 aliphatic carbocycles. The Kier molecular flexibility index (Phi) is 2.45. The maximum Gasteiger partial charge on any atom is 0.0717 e. The van der Waals surface area contributed by atoms with Crippen LogP contribution in [0.15, 0.2) is 18.5 Å². The van der Waals surface area contributed by atoms with Gasteiger partial charge in [-0.25, -0.2) is 0 Å². The van der Waals surface area contributed by atoms with Gasteiger partial charge in [0.15, 0.2) is 0 Å². The van der Waals surface area contributed by atoms with Crippen molar-refractivity contribution in [1.29, 1.82) is 0 Å². The highest BCUT2D eigenvalue weighted by Crippen LogP contribution is 2.23. The van der Waals surface area contributed by atoms with Crippen molar-refractivity contribution in [2.45, 2.75) is 19.4 Å². The van der Waals surface area contributed by atoms with Gasteiger partial charge in [-0.15, -0.1) is 0 Å². The van der Waals surface area contributed by atoms with E-state index in [0.717, 1.165) is 24.3 Å². The summed E-state index contributed by atoms with van der Waals surface area (Å²) in [5.41, 5.74) is 2.08. The summed E-state index contributed by atoms with van der Waals surface area (Å²) in [6.45, 7) is 2.30. The van der Waals surface area contributed by atoms with Gasteiger partial charge in [-0.2, -0.15) is 0 Å². The van der Waals surface area contributed by atoms with Crippen molar-refractivity contribution in [3.8, 4) is 0 Å². The maximum atomic E-state index is 9.11. The van der Waals surface area contributed by atoms with E-state index in [9.17, 15) is 0 Å². The Morgan fingerprint density at radius 3 is 2.85 bits per heavy atom. The summed E-state index contributed by atoms with van der Waals surface area (Å²) in [5.74, 6) is 0. The van der Waals surface area contributed by atoms with Crippen LogP contribution in [0.25, 0.3) is 0 Å². The van der Waals surface area contributed by atoms with Crippen LogP contribution < -0.4 is 4.90 Å². The van der Waals surface area contributed by atoms with Crippen LogP contribution >= 0.6 is 0 Å². The van der Waals surface area contributed by atoms with Crippen LogP contribution in [-0.2, 0) is 6.61 Å². The molecule has 0 unspecified atom stereocenters. The molecule has 3 heteroatoms. The Balaban J connectivity index is 2.26. The van der Waals surface area contributed by atoms with E-state index in [2.05, 4.69) is 9.88 Å². The number of aliphatic hydroxyl groups is 1. The molecular formula is C10H14N2O. The second-order valence-corrected chi connectivity index (χ2v) is 3.36. The summed E-state index contributed by atoms with van der Waals surface area (Å²) in [6, 6.07) is 1.98. The van der Waals surface area contributed by atoms with Gasteiger partial charge in [0.05, 0.1) is 6.61 Å². The van der Waals surface area contributed by atoms with Crippen molar-refractivity contribution in [2.75, 3.05) is 18.0 Å². The van der Waals surface area contributed by atoms with Crippen molar-refractivity contribution < 1.29 is 5.11 Å². The number of aliphatic hydroxyl groups excluding tert-OH is 1. The van der Waals surface area contributed by atoms with E-state index in [0.29, 0.717) is 0 Å². The number of hydrogen-bond donors (Lipinski definition) is 1. The second-order valence-electron chi connectivity index (χ2n) is 3.36. The lowest BCUT2D eigenvalue weighted by Crippen LogP contribution is -2.19. The molecule has 3 nitrogen and oxygen atoms in total. The van der Waals surface area contributed by atoms with Crippen molar-refractivity contribution in [3.63, 3.8) is 0 Å². The molecule has 0 amide bonds. The minimum absolute atomic E-state index is 0.0830. The predicted molar refractivity (Wildman–Crippen MR) is 51.6 cm³/mol. The normalized spacial score (nSPS) is 16.5. The number of pyridine rings is 1. The molecule has 1 N–H and O–H groups in total. The Hall–Kier alpha value is -1.09. The molecule has 0 bridgehead atoms. The number of hydrogen-bond acceptors (Lipinski definition) is 3. The smallest absolute Gasteiger partial charge is 0.0717 e. The van der Waals surface area contributed by atoms with Gasteiger partial charge in [-0.1, -0.05) is 0 Å². The highest BCUT2D eigenvalue weighted by molar-refractivity contribution is 5.52. The summed E-state index contributed by atoms with van der Waals surface area (Å²) in [5, 5.41) is 9.11. The van der Waals surface area contributed by atoms with Crippen molar-refractivity contribution in [1.82, 2.24) is 4.98 Å². The topological polar surface area (TPSA) is 36.4 Å². The molecule has 1 aliphatic rings. The molecule has 2 rings (SSSR count). The van der Waals surface area contributed by atoms with Crippen LogP contribution in [0.4, 0.5) is 5.69 Å². The highest BCUT2D eigenvalue weighted by Gasteiger charge is 2.14. The van der Waals surface area contributed by atoms with Gasteiger partial charge in [-0.05, 0) is 18.9 Å². The van der Waals surface area contributed by atoms with Crippen LogP contribution in [0.3, 0.4) is 0 Å². The van der Waals surface area contributed by atoms with E-state index < -0.39 is 0 Å². The van der Waals surface area contributed by atoms with Crippen LogP contribution in [0.5, 0.6) is 0 Å². The molecule has 1 aromatic heterocycles. The quantitative estimate of drug-likeness (QED) is 0.738. The summed E-state index contributed by atoms with van der Waals surface area (Å²) in [4.78, 5) is 6.31. The van der Waals surface area contributed by atoms with Gasteiger partial charge < -0.3 is 10.0 Å². The van der Waals surface area contributed by atoms with Gasteiger partial charge in [0, 0.05) is 36.7 Å². The first-order chi connectivity index (χ1) is 6.42. The molecule has 1 fully saturated rings. The zero-order valence-electron chi connectivity index (χ0n) is 7.61. The Labute approximate surface area is 78.0 Å². The Morgan fingerprint density at radius 1 is 1.38 bits per heavy atom. The lowest BCUT2D eigenvalue weighted by molar-refractivity contribution is 0.281. The minimum Gasteiger partial charge on any atom is -0.392 e. The molecule has 13 heavy (non-hydrogen) atoms. The monoisotopic (exact) mass is 178 g/mol. The standard InChI is InChI=1S/C10H14N2O/c13-8-9-7-11-4-3-10(9)12-5-1-2-6-12/h3-4,7,13H,1-2,5-6,8H2.